The van der Waals surface area contributed by atoms with Crippen LogP contribution in [-0.4, -0.2) is 49.9 Å². The van der Waals surface area contributed by atoms with E-state index in [1.165, 1.54) is 12.1 Å². The molecule has 1 aromatic carbocycles. The number of aryl methyl sites for hydroxylation is 1. The van der Waals surface area contributed by atoms with Crippen LogP contribution in [-0.2, 0) is 22.7 Å². The lowest BCUT2D eigenvalue weighted by atomic mass is 9.89. The van der Waals surface area contributed by atoms with Gasteiger partial charge < -0.3 is 10.2 Å². The van der Waals surface area contributed by atoms with Crippen molar-refractivity contribution in [3.63, 3.8) is 0 Å². The van der Waals surface area contributed by atoms with Crippen molar-refractivity contribution < 1.29 is 24.2 Å². The normalized spacial score (nSPS) is 20.3. The maximum atomic E-state index is 13.1. The van der Waals surface area contributed by atoms with E-state index >= 15 is 0 Å². The van der Waals surface area contributed by atoms with Gasteiger partial charge in [-0.2, -0.15) is 5.10 Å². The number of hydrogen-bond donors (Lipinski definition) is 2. The number of carbonyl (C=O) groups is 2. The second-order valence-electron chi connectivity index (χ2n) is 6.55. The molecule has 1 aliphatic heterocycles. The van der Waals surface area contributed by atoms with Gasteiger partial charge in [0.25, 0.3) is 0 Å². The maximum Gasteiger partial charge on any atom is 0.308 e. The third-order valence-corrected chi connectivity index (χ3v) is 4.66. The van der Waals surface area contributed by atoms with Gasteiger partial charge in [0.15, 0.2) is 0 Å². The molecule has 2 unspecified atom stereocenters. The minimum Gasteiger partial charge on any atom is -0.481 e. The predicted molar refractivity (Wildman–Crippen MR) is 90.0 cm³/mol. The van der Waals surface area contributed by atoms with E-state index in [-0.39, 0.29) is 18.2 Å². The molecule has 1 fully saturated rings. The highest BCUT2D eigenvalue weighted by molar-refractivity contribution is 5.72. The smallest absolute Gasteiger partial charge is 0.308 e. The summed E-state index contributed by atoms with van der Waals surface area (Å²) in [6.07, 6.45) is 3.45. The highest BCUT2D eigenvalue weighted by atomic mass is 19.1. The Balaban J connectivity index is 1.67. The molecule has 8 heteroatoms. The lowest BCUT2D eigenvalue weighted by molar-refractivity contribution is -0.141. The molecule has 2 N–H and O–H groups in total. The Hall–Kier alpha value is -2.74. The van der Waals surface area contributed by atoms with Crippen molar-refractivity contribution >= 4 is 11.9 Å². The lowest BCUT2D eigenvalue weighted by Gasteiger charge is -2.15. The van der Waals surface area contributed by atoms with Crippen LogP contribution in [0.5, 0.6) is 0 Å². The van der Waals surface area contributed by atoms with Gasteiger partial charge >= 0.3 is 11.9 Å². The van der Waals surface area contributed by atoms with E-state index in [1.54, 1.807) is 29.2 Å². The number of rotatable bonds is 7. The summed E-state index contributed by atoms with van der Waals surface area (Å²) in [6.45, 7) is 1.79. The first kappa shape index (κ1) is 18.1. The van der Waals surface area contributed by atoms with E-state index in [9.17, 15) is 19.1 Å². The first-order valence-corrected chi connectivity index (χ1v) is 8.36. The second-order valence-corrected chi connectivity index (χ2v) is 6.55. The lowest BCUT2D eigenvalue weighted by Crippen LogP contribution is -2.23. The number of aromatic nitrogens is 2. The largest absolute Gasteiger partial charge is 0.481 e. The summed E-state index contributed by atoms with van der Waals surface area (Å²) in [5.74, 6) is -2.84. The highest BCUT2D eigenvalue weighted by Crippen LogP contribution is 2.33. The molecule has 1 saturated heterocycles. The molecule has 1 aromatic heterocycles. The van der Waals surface area contributed by atoms with Crippen molar-refractivity contribution in [2.75, 3.05) is 13.1 Å². The van der Waals surface area contributed by atoms with Crippen molar-refractivity contribution in [1.29, 1.82) is 0 Å². The van der Waals surface area contributed by atoms with Crippen molar-refractivity contribution in [2.24, 2.45) is 5.92 Å². The summed E-state index contributed by atoms with van der Waals surface area (Å²) in [6, 6.07) is 5.99. The van der Waals surface area contributed by atoms with Crippen LogP contribution in [0.4, 0.5) is 4.39 Å². The van der Waals surface area contributed by atoms with Crippen LogP contribution in [0.15, 0.2) is 36.7 Å². The maximum absolute atomic E-state index is 13.1. The first-order chi connectivity index (χ1) is 12.4. The van der Waals surface area contributed by atoms with Crippen LogP contribution in [0.25, 0.3) is 0 Å². The molecule has 0 radical (unpaired) electrons. The number of carboxylic acids is 2. The van der Waals surface area contributed by atoms with Gasteiger partial charge in [0.2, 0.25) is 0 Å². The molecule has 0 aliphatic carbocycles. The molecular weight excluding hydrogens is 341 g/mol. The third kappa shape index (κ3) is 4.26. The topological polar surface area (TPSA) is 95.7 Å². The number of nitrogens with zero attached hydrogens (tertiary/aromatic N) is 3. The van der Waals surface area contributed by atoms with Crippen LogP contribution in [0.1, 0.15) is 23.5 Å². The molecule has 0 amide bonds. The molecule has 2 aromatic rings. The number of carboxylic acid groups (broad SMARTS) is 2. The summed E-state index contributed by atoms with van der Waals surface area (Å²) >= 11 is 0. The SMILES string of the molecule is O=C(O)CCn1cc(CN2CC(C(=O)O)C(c3ccc(F)cc3)C2)cn1. The second kappa shape index (κ2) is 7.65. The summed E-state index contributed by atoms with van der Waals surface area (Å²) in [5.41, 5.74) is 1.72. The van der Waals surface area contributed by atoms with Crippen LogP contribution in [0.2, 0.25) is 0 Å². The first-order valence-electron chi connectivity index (χ1n) is 8.36. The zero-order valence-electron chi connectivity index (χ0n) is 14.1. The number of aliphatic carboxylic acids is 2. The predicted octanol–water partition coefficient (Wildman–Crippen LogP) is 1.80. The zero-order chi connectivity index (χ0) is 18.7. The fourth-order valence-corrected chi connectivity index (χ4v) is 3.39. The Morgan fingerprint density at radius 2 is 1.92 bits per heavy atom. The Morgan fingerprint density at radius 1 is 1.19 bits per heavy atom. The molecular formula is C18H20FN3O4. The van der Waals surface area contributed by atoms with Crippen LogP contribution in [0, 0.1) is 11.7 Å². The van der Waals surface area contributed by atoms with E-state index in [0.717, 1.165) is 11.1 Å². The number of halogens is 1. The van der Waals surface area contributed by atoms with E-state index in [2.05, 4.69) is 5.10 Å². The minimum atomic E-state index is -0.881. The Morgan fingerprint density at radius 3 is 2.58 bits per heavy atom. The Labute approximate surface area is 149 Å². The van der Waals surface area contributed by atoms with Crippen LogP contribution in [0.3, 0.4) is 0 Å². The van der Waals surface area contributed by atoms with Crippen molar-refractivity contribution in [2.45, 2.75) is 25.4 Å². The molecule has 1 aliphatic rings. The summed E-state index contributed by atoms with van der Waals surface area (Å²) in [4.78, 5) is 24.3. The standard InChI is InChI=1S/C18H20FN3O4/c19-14-3-1-13(2-4-14)15-10-21(11-16(15)18(25)26)8-12-7-20-22(9-12)6-5-17(23)24/h1-4,7,9,15-16H,5-6,8,10-11H2,(H,23,24)(H,25,26). The highest BCUT2D eigenvalue weighted by Gasteiger charge is 2.38. The molecule has 138 valence electrons. The number of hydrogen-bond acceptors (Lipinski definition) is 4. The Kier molecular flexibility index (Phi) is 5.32. The molecule has 7 nitrogen and oxygen atoms in total. The van der Waals surface area contributed by atoms with Crippen molar-refractivity contribution in [3.8, 4) is 0 Å². The molecule has 0 spiro atoms. The fraction of sp³-hybridized carbons (Fsp3) is 0.389. The fourth-order valence-electron chi connectivity index (χ4n) is 3.39. The van der Waals surface area contributed by atoms with Crippen molar-refractivity contribution in [3.05, 3.63) is 53.6 Å². The van der Waals surface area contributed by atoms with Gasteiger partial charge in [-0.1, -0.05) is 12.1 Å². The van der Waals surface area contributed by atoms with Gasteiger partial charge in [0.05, 0.1) is 25.1 Å². The summed E-state index contributed by atoms with van der Waals surface area (Å²) < 4.78 is 14.7. The summed E-state index contributed by atoms with van der Waals surface area (Å²) in [7, 11) is 0. The zero-order valence-corrected chi connectivity index (χ0v) is 14.1. The van der Waals surface area contributed by atoms with Gasteiger partial charge in [-0.25, -0.2) is 4.39 Å². The van der Waals surface area contributed by atoms with Gasteiger partial charge in [-0.3, -0.25) is 19.2 Å². The van der Waals surface area contributed by atoms with E-state index in [4.69, 9.17) is 5.11 Å². The molecule has 2 atom stereocenters. The van der Waals surface area contributed by atoms with E-state index in [1.807, 2.05) is 4.90 Å². The molecule has 0 saturated carbocycles. The average Bonchev–Trinajstić information content (AvgIpc) is 3.21. The number of benzene rings is 1. The minimum absolute atomic E-state index is 0.00143. The Bertz CT molecular complexity index is 790. The van der Waals surface area contributed by atoms with Gasteiger partial charge in [-0.15, -0.1) is 0 Å². The molecule has 0 bridgehead atoms. The number of likely N-dealkylation sites (tertiary alicyclic amines) is 1. The summed E-state index contributed by atoms with van der Waals surface area (Å²) in [5, 5.41) is 22.4. The van der Waals surface area contributed by atoms with E-state index < -0.39 is 17.9 Å². The van der Waals surface area contributed by atoms with Gasteiger partial charge in [0.1, 0.15) is 5.82 Å². The third-order valence-electron chi connectivity index (χ3n) is 4.66. The quantitative estimate of drug-likeness (QED) is 0.781. The van der Waals surface area contributed by atoms with Crippen LogP contribution >= 0.6 is 0 Å². The molecule has 2 heterocycles. The van der Waals surface area contributed by atoms with Crippen LogP contribution < -0.4 is 0 Å². The van der Waals surface area contributed by atoms with Crippen molar-refractivity contribution in [1.82, 2.24) is 14.7 Å². The molecule has 3 rings (SSSR count). The monoisotopic (exact) mass is 361 g/mol. The van der Waals surface area contributed by atoms with Gasteiger partial charge in [0, 0.05) is 37.3 Å². The van der Waals surface area contributed by atoms with Gasteiger partial charge in [-0.05, 0) is 17.7 Å². The van der Waals surface area contributed by atoms with E-state index in [0.29, 0.717) is 26.2 Å². The molecule has 26 heavy (non-hydrogen) atoms. The average molecular weight is 361 g/mol.